The number of hydrogen-bond donors (Lipinski definition) is 1. The van der Waals surface area contributed by atoms with Gasteiger partial charge in [0.2, 0.25) is 5.91 Å². The number of halogens is 3. The maximum absolute atomic E-state index is 13.2. The Balaban J connectivity index is 1.60. The lowest BCUT2D eigenvalue weighted by atomic mass is 10.1. The van der Waals surface area contributed by atoms with E-state index in [9.17, 15) is 18.0 Å². The third kappa shape index (κ3) is 5.43. The molecule has 0 aliphatic rings. The molecule has 1 aromatic heterocycles. The molecule has 4 aromatic rings. The number of nitrogens with zero attached hydrogens (tertiary/aromatic N) is 3. The van der Waals surface area contributed by atoms with Crippen molar-refractivity contribution < 1.29 is 22.7 Å². The van der Waals surface area contributed by atoms with Crippen LogP contribution in [0, 0.1) is 0 Å². The van der Waals surface area contributed by atoms with Crippen molar-refractivity contribution in [2.45, 2.75) is 19.5 Å². The second kappa shape index (κ2) is 9.78. The zero-order chi connectivity index (χ0) is 24.1. The highest BCUT2D eigenvalue weighted by molar-refractivity contribution is 5.92. The SMILES string of the molecule is CCOc1nc(-c2cccc(C(F)(F)F)c2)n(-c2ccc(NC(=O)Cc3ccccc3)cc2)n1. The van der Waals surface area contributed by atoms with Gasteiger partial charge in [-0.2, -0.15) is 18.2 Å². The Morgan fingerprint density at radius 1 is 1.00 bits per heavy atom. The van der Waals surface area contributed by atoms with Crippen molar-refractivity contribution in [3.63, 3.8) is 0 Å². The molecule has 1 N–H and O–H groups in total. The third-order valence-corrected chi connectivity index (χ3v) is 4.91. The van der Waals surface area contributed by atoms with Crippen LogP contribution in [0.1, 0.15) is 18.1 Å². The van der Waals surface area contributed by atoms with Crippen LogP contribution >= 0.6 is 0 Å². The van der Waals surface area contributed by atoms with Gasteiger partial charge in [0.1, 0.15) is 0 Å². The largest absolute Gasteiger partial charge is 0.463 e. The summed E-state index contributed by atoms with van der Waals surface area (Å²) < 4.78 is 46.4. The van der Waals surface area contributed by atoms with Crippen molar-refractivity contribution >= 4 is 11.6 Å². The van der Waals surface area contributed by atoms with Gasteiger partial charge in [0, 0.05) is 11.3 Å². The second-order valence-electron chi connectivity index (χ2n) is 7.40. The summed E-state index contributed by atoms with van der Waals surface area (Å²) in [6.07, 6.45) is -4.24. The third-order valence-electron chi connectivity index (χ3n) is 4.91. The van der Waals surface area contributed by atoms with E-state index in [1.807, 2.05) is 30.3 Å². The molecule has 0 saturated carbocycles. The number of rotatable bonds is 7. The lowest BCUT2D eigenvalue weighted by Crippen LogP contribution is -2.14. The zero-order valence-corrected chi connectivity index (χ0v) is 18.2. The number of nitrogens with one attached hydrogen (secondary N) is 1. The zero-order valence-electron chi connectivity index (χ0n) is 18.2. The molecule has 1 amide bonds. The molecule has 0 atom stereocenters. The predicted octanol–water partition coefficient (Wildman–Crippen LogP) is 5.53. The van der Waals surface area contributed by atoms with Crippen molar-refractivity contribution in [3.8, 4) is 23.1 Å². The highest BCUT2D eigenvalue weighted by Gasteiger charge is 2.31. The first-order valence-corrected chi connectivity index (χ1v) is 10.5. The molecule has 0 aliphatic carbocycles. The summed E-state index contributed by atoms with van der Waals surface area (Å²) in [4.78, 5) is 16.6. The summed E-state index contributed by atoms with van der Waals surface area (Å²) in [6, 6.07) is 21.1. The standard InChI is InChI=1S/C25H21F3N4O2/c1-2-34-24-30-23(18-9-6-10-19(16-18)25(26,27)28)32(31-24)21-13-11-20(12-14-21)29-22(33)15-17-7-4-3-5-8-17/h3-14,16H,2,15H2,1H3,(H,29,33). The van der Waals surface area contributed by atoms with Crippen molar-refractivity contribution in [3.05, 3.63) is 90.0 Å². The van der Waals surface area contributed by atoms with Gasteiger partial charge in [-0.15, -0.1) is 5.10 Å². The summed E-state index contributed by atoms with van der Waals surface area (Å²) in [5, 5.41) is 7.13. The molecule has 0 spiro atoms. The van der Waals surface area contributed by atoms with Gasteiger partial charge in [0.25, 0.3) is 0 Å². The molecule has 4 rings (SSSR count). The molecule has 0 bridgehead atoms. The number of amides is 1. The van der Waals surface area contributed by atoms with E-state index in [0.717, 1.165) is 17.7 Å². The van der Waals surface area contributed by atoms with Crippen LogP contribution in [-0.2, 0) is 17.4 Å². The minimum atomic E-state index is -4.48. The Kier molecular flexibility index (Phi) is 6.62. The Morgan fingerprint density at radius 3 is 2.41 bits per heavy atom. The van der Waals surface area contributed by atoms with E-state index in [1.54, 1.807) is 31.2 Å². The van der Waals surface area contributed by atoms with Crippen molar-refractivity contribution in [1.82, 2.24) is 14.8 Å². The summed E-state index contributed by atoms with van der Waals surface area (Å²) in [7, 11) is 0. The number of hydrogen-bond acceptors (Lipinski definition) is 4. The predicted molar refractivity (Wildman–Crippen MR) is 122 cm³/mol. The van der Waals surface area contributed by atoms with Crippen molar-refractivity contribution in [2.24, 2.45) is 0 Å². The number of ether oxygens (including phenoxy) is 1. The highest BCUT2D eigenvalue weighted by Crippen LogP contribution is 2.33. The Morgan fingerprint density at radius 2 is 1.74 bits per heavy atom. The minimum absolute atomic E-state index is 0.0511. The maximum Gasteiger partial charge on any atom is 0.416 e. The normalized spacial score (nSPS) is 11.3. The Labute approximate surface area is 194 Å². The second-order valence-corrected chi connectivity index (χ2v) is 7.40. The molecule has 1 heterocycles. The van der Waals surface area contributed by atoms with E-state index in [-0.39, 0.29) is 29.7 Å². The summed E-state index contributed by atoms with van der Waals surface area (Å²) in [5.74, 6) is 0.0402. The molecule has 9 heteroatoms. The van der Waals surface area contributed by atoms with Gasteiger partial charge in [-0.1, -0.05) is 42.5 Å². The van der Waals surface area contributed by atoms with Crippen LogP contribution in [0.3, 0.4) is 0 Å². The van der Waals surface area contributed by atoms with E-state index in [4.69, 9.17) is 4.74 Å². The molecule has 6 nitrogen and oxygen atoms in total. The van der Waals surface area contributed by atoms with Gasteiger partial charge in [-0.05, 0) is 48.9 Å². The van der Waals surface area contributed by atoms with Gasteiger partial charge in [0.05, 0.1) is 24.3 Å². The molecule has 0 aliphatic heterocycles. The van der Waals surface area contributed by atoms with Crippen LogP contribution in [0.25, 0.3) is 17.1 Å². The molecule has 34 heavy (non-hydrogen) atoms. The first-order valence-electron chi connectivity index (χ1n) is 10.5. The van der Waals surface area contributed by atoms with Gasteiger partial charge in [0.15, 0.2) is 5.82 Å². The van der Waals surface area contributed by atoms with Crippen LogP contribution < -0.4 is 10.1 Å². The van der Waals surface area contributed by atoms with Crippen LogP contribution in [0.15, 0.2) is 78.9 Å². The molecule has 0 unspecified atom stereocenters. The van der Waals surface area contributed by atoms with Crippen LogP contribution in [0.5, 0.6) is 6.01 Å². The molecule has 3 aromatic carbocycles. The number of anilines is 1. The quantitative estimate of drug-likeness (QED) is 0.389. The lowest BCUT2D eigenvalue weighted by molar-refractivity contribution is -0.137. The molecule has 174 valence electrons. The lowest BCUT2D eigenvalue weighted by Gasteiger charge is -2.10. The van der Waals surface area contributed by atoms with E-state index in [2.05, 4.69) is 15.4 Å². The average molecular weight is 466 g/mol. The first kappa shape index (κ1) is 23.0. The maximum atomic E-state index is 13.2. The fourth-order valence-corrected chi connectivity index (χ4v) is 3.36. The van der Waals surface area contributed by atoms with Crippen LogP contribution in [0.2, 0.25) is 0 Å². The molecular weight excluding hydrogens is 445 g/mol. The molecule has 0 fully saturated rings. The van der Waals surface area contributed by atoms with Gasteiger partial charge < -0.3 is 10.1 Å². The van der Waals surface area contributed by atoms with Gasteiger partial charge in [-0.3, -0.25) is 4.79 Å². The van der Waals surface area contributed by atoms with Gasteiger partial charge >= 0.3 is 12.2 Å². The minimum Gasteiger partial charge on any atom is -0.463 e. The Bertz CT molecular complexity index is 1270. The van der Waals surface area contributed by atoms with Crippen molar-refractivity contribution in [2.75, 3.05) is 11.9 Å². The number of carbonyl (C=O) groups is 1. The number of aromatic nitrogens is 3. The fourth-order valence-electron chi connectivity index (χ4n) is 3.36. The average Bonchev–Trinajstić information content (AvgIpc) is 3.24. The monoisotopic (exact) mass is 466 g/mol. The topological polar surface area (TPSA) is 69.0 Å². The highest BCUT2D eigenvalue weighted by atomic mass is 19.4. The van der Waals surface area contributed by atoms with Crippen LogP contribution in [0.4, 0.5) is 18.9 Å². The van der Waals surface area contributed by atoms with E-state index in [0.29, 0.717) is 18.0 Å². The number of carbonyl (C=O) groups excluding carboxylic acids is 1. The smallest absolute Gasteiger partial charge is 0.416 e. The van der Waals surface area contributed by atoms with E-state index in [1.165, 1.54) is 16.8 Å². The first-order chi connectivity index (χ1) is 16.3. The Hall–Kier alpha value is -4.14. The number of alkyl halides is 3. The van der Waals surface area contributed by atoms with E-state index < -0.39 is 11.7 Å². The van der Waals surface area contributed by atoms with Crippen molar-refractivity contribution in [1.29, 1.82) is 0 Å². The summed E-state index contributed by atoms with van der Waals surface area (Å²) in [6.45, 7) is 2.07. The summed E-state index contributed by atoms with van der Waals surface area (Å²) in [5.41, 5.74) is 1.48. The molecule has 0 saturated heterocycles. The number of benzene rings is 3. The summed E-state index contributed by atoms with van der Waals surface area (Å²) >= 11 is 0. The fraction of sp³-hybridized carbons (Fsp3) is 0.160. The van der Waals surface area contributed by atoms with Gasteiger partial charge in [-0.25, -0.2) is 4.68 Å². The van der Waals surface area contributed by atoms with E-state index >= 15 is 0 Å². The molecular formula is C25H21F3N4O2. The van der Waals surface area contributed by atoms with Crippen LogP contribution in [-0.4, -0.2) is 27.3 Å². The molecule has 0 radical (unpaired) electrons.